The smallest absolute Gasteiger partial charge is 0.282 e. The highest BCUT2D eigenvalue weighted by Gasteiger charge is 2.73. The summed E-state index contributed by atoms with van der Waals surface area (Å²) in [7, 11) is 0. The molecule has 0 radical (unpaired) electrons. The van der Waals surface area contributed by atoms with Gasteiger partial charge in [0.1, 0.15) is 5.92 Å². The maximum Gasteiger partial charge on any atom is 0.282 e. The van der Waals surface area contributed by atoms with Crippen molar-refractivity contribution >= 4 is 11.8 Å². The molecule has 4 nitrogen and oxygen atoms in total. The zero-order valence-corrected chi connectivity index (χ0v) is 8.40. The van der Waals surface area contributed by atoms with Gasteiger partial charge in [0.25, 0.3) is 11.5 Å². The topological polar surface area (TPSA) is 49.9 Å². The first kappa shape index (κ1) is 8.71. The Bertz CT molecular complexity index is 424. The molecule has 0 saturated carbocycles. The van der Waals surface area contributed by atoms with E-state index >= 15 is 0 Å². The van der Waals surface area contributed by atoms with Gasteiger partial charge in [-0.15, -0.1) is 0 Å². The molecule has 3 aliphatic rings. The molecule has 2 atom stereocenters. The fourth-order valence-corrected chi connectivity index (χ4v) is 2.35. The Balaban J connectivity index is 2.02. The van der Waals surface area contributed by atoms with Crippen LogP contribution in [0.3, 0.4) is 0 Å². The third-order valence-electron chi connectivity index (χ3n) is 3.13. The van der Waals surface area contributed by atoms with Crippen molar-refractivity contribution in [3.05, 3.63) is 24.0 Å². The normalized spacial score (nSPS) is 35.9. The van der Waals surface area contributed by atoms with E-state index in [-0.39, 0.29) is 11.8 Å². The first-order valence-corrected chi connectivity index (χ1v) is 5.15. The first-order chi connectivity index (χ1) is 7.21. The summed E-state index contributed by atoms with van der Waals surface area (Å²) < 4.78 is 5.34. The highest BCUT2D eigenvalue weighted by molar-refractivity contribution is 6.14. The summed E-state index contributed by atoms with van der Waals surface area (Å²) in [5, 5.41) is 0. The molecule has 1 spiro atoms. The van der Waals surface area contributed by atoms with Gasteiger partial charge in [-0.1, -0.05) is 19.1 Å². The van der Waals surface area contributed by atoms with Crippen LogP contribution in [0.15, 0.2) is 24.0 Å². The SMILES string of the molecule is CCCN1C(=O)C2C=CC=C3OC32C1=O. The number of hydrogen-bond donors (Lipinski definition) is 0. The Morgan fingerprint density at radius 3 is 3.00 bits per heavy atom. The van der Waals surface area contributed by atoms with Gasteiger partial charge in [0, 0.05) is 6.54 Å². The molecule has 2 fully saturated rings. The van der Waals surface area contributed by atoms with Crippen molar-refractivity contribution in [2.45, 2.75) is 18.9 Å². The van der Waals surface area contributed by atoms with E-state index in [2.05, 4.69) is 0 Å². The number of imide groups is 1. The summed E-state index contributed by atoms with van der Waals surface area (Å²) in [6.45, 7) is 2.43. The Labute approximate surface area is 87.2 Å². The molecule has 1 aliphatic carbocycles. The Hall–Kier alpha value is -1.58. The molecule has 15 heavy (non-hydrogen) atoms. The van der Waals surface area contributed by atoms with Crippen molar-refractivity contribution in [3.8, 4) is 0 Å². The van der Waals surface area contributed by atoms with Crippen molar-refractivity contribution in [1.29, 1.82) is 0 Å². The Morgan fingerprint density at radius 2 is 2.33 bits per heavy atom. The first-order valence-electron chi connectivity index (χ1n) is 5.15. The number of carbonyl (C=O) groups is 2. The zero-order chi connectivity index (χ0) is 10.6. The predicted molar refractivity (Wildman–Crippen MR) is 51.5 cm³/mol. The highest BCUT2D eigenvalue weighted by Crippen LogP contribution is 2.55. The Kier molecular flexibility index (Phi) is 1.45. The number of allylic oxidation sites excluding steroid dienone is 2. The van der Waals surface area contributed by atoms with Crippen LogP contribution in [-0.4, -0.2) is 28.9 Å². The molecule has 0 bridgehead atoms. The second-order valence-electron chi connectivity index (χ2n) is 4.03. The maximum atomic E-state index is 12.0. The lowest BCUT2D eigenvalue weighted by molar-refractivity contribution is -0.140. The third kappa shape index (κ3) is 0.825. The summed E-state index contributed by atoms with van der Waals surface area (Å²) in [6, 6.07) is 0. The fourth-order valence-electron chi connectivity index (χ4n) is 2.35. The van der Waals surface area contributed by atoms with Crippen LogP contribution in [0.25, 0.3) is 0 Å². The van der Waals surface area contributed by atoms with Crippen LogP contribution in [-0.2, 0) is 14.3 Å². The molecule has 4 heteroatoms. The minimum Gasteiger partial charge on any atom is -0.468 e. The van der Waals surface area contributed by atoms with Gasteiger partial charge in [-0.05, 0) is 12.5 Å². The van der Waals surface area contributed by atoms with E-state index in [1.807, 2.05) is 6.92 Å². The van der Waals surface area contributed by atoms with E-state index in [1.165, 1.54) is 4.90 Å². The molecule has 78 valence electrons. The van der Waals surface area contributed by atoms with Gasteiger partial charge in [0.2, 0.25) is 5.91 Å². The minimum absolute atomic E-state index is 0.124. The molecule has 2 aliphatic heterocycles. The molecule has 0 aromatic carbocycles. The van der Waals surface area contributed by atoms with Crippen molar-refractivity contribution < 1.29 is 14.3 Å². The van der Waals surface area contributed by atoms with E-state index in [4.69, 9.17) is 4.74 Å². The number of epoxide rings is 1. The van der Waals surface area contributed by atoms with Gasteiger partial charge >= 0.3 is 0 Å². The van der Waals surface area contributed by atoms with Crippen LogP contribution in [0.2, 0.25) is 0 Å². The molecule has 3 rings (SSSR count). The standard InChI is InChI=1S/C11H11NO3/c1-2-6-12-9(13)7-4-3-5-8-11(7,15-8)10(12)14/h3-5,7H,2,6H2,1H3. The van der Waals surface area contributed by atoms with Gasteiger partial charge in [0.15, 0.2) is 5.76 Å². The van der Waals surface area contributed by atoms with Crippen LogP contribution in [0.5, 0.6) is 0 Å². The van der Waals surface area contributed by atoms with E-state index in [9.17, 15) is 9.59 Å². The van der Waals surface area contributed by atoms with Gasteiger partial charge in [-0.2, -0.15) is 0 Å². The predicted octanol–water partition coefficient (Wildman–Crippen LogP) is 0.604. The van der Waals surface area contributed by atoms with Crippen molar-refractivity contribution in [2.75, 3.05) is 6.54 Å². The third-order valence-corrected chi connectivity index (χ3v) is 3.13. The fraction of sp³-hybridized carbons (Fsp3) is 0.455. The quantitative estimate of drug-likeness (QED) is 0.490. The maximum absolute atomic E-state index is 12.0. The highest BCUT2D eigenvalue weighted by atomic mass is 16.6. The average molecular weight is 205 g/mol. The number of nitrogens with zero attached hydrogens (tertiary/aromatic N) is 1. The number of likely N-dealkylation sites (tertiary alicyclic amines) is 1. The molecule has 0 N–H and O–H groups in total. The number of amides is 2. The van der Waals surface area contributed by atoms with Crippen molar-refractivity contribution in [2.24, 2.45) is 5.92 Å². The van der Waals surface area contributed by atoms with Crippen molar-refractivity contribution in [1.82, 2.24) is 4.90 Å². The lowest BCUT2D eigenvalue weighted by atomic mass is 9.90. The number of rotatable bonds is 2. The van der Waals surface area contributed by atoms with Crippen LogP contribution < -0.4 is 0 Å². The molecule has 2 saturated heterocycles. The van der Waals surface area contributed by atoms with Crippen LogP contribution in [0.4, 0.5) is 0 Å². The Morgan fingerprint density at radius 1 is 1.53 bits per heavy atom. The minimum atomic E-state index is -0.930. The summed E-state index contributed by atoms with van der Waals surface area (Å²) in [5.74, 6) is -0.0837. The summed E-state index contributed by atoms with van der Waals surface area (Å²) in [4.78, 5) is 25.2. The second-order valence-corrected chi connectivity index (χ2v) is 4.03. The summed E-state index contributed by atoms with van der Waals surface area (Å²) >= 11 is 0. The lowest BCUT2D eigenvalue weighted by Gasteiger charge is -2.11. The zero-order valence-electron chi connectivity index (χ0n) is 8.40. The molecular weight excluding hydrogens is 194 g/mol. The number of ether oxygens (including phenoxy) is 1. The van der Waals surface area contributed by atoms with Crippen LogP contribution in [0.1, 0.15) is 13.3 Å². The largest absolute Gasteiger partial charge is 0.468 e. The van der Waals surface area contributed by atoms with Crippen LogP contribution >= 0.6 is 0 Å². The molecule has 2 amide bonds. The summed E-state index contributed by atoms with van der Waals surface area (Å²) in [5.41, 5.74) is -0.930. The average Bonchev–Trinajstić information content (AvgIpc) is 2.95. The number of hydrogen-bond acceptors (Lipinski definition) is 3. The van der Waals surface area contributed by atoms with E-state index in [1.54, 1.807) is 18.2 Å². The molecular formula is C11H11NO3. The van der Waals surface area contributed by atoms with Gasteiger partial charge in [0.05, 0.1) is 0 Å². The van der Waals surface area contributed by atoms with Crippen molar-refractivity contribution in [3.63, 3.8) is 0 Å². The van der Waals surface area contributed by atoms with Gasteiger partial charge < -0.3 is 4.74 Å². The molecule has 0 aromatic heterocycles. The summed E-state index contributed by atoms with van der Waals surface area (Å²) in [6.07, 6.45) is 6.08. The monoisotopic (exact) mass is 205 g/mol. The van der Waals surface area contributed by atoms with E-state index in [0.29, 0.717) is 12.3 Å². The lowest BCUT2D eigenvalue weighted by Crippen LogP contribution is -2.33. The molecule has 0 aromatic rings. The second kappa shape index (κ2) is 2.51. The number of carbonyl (C=O) groups excluding carboxylic acids is 2. The van der Waals surface area contributed by atoms with Crippen LogP contribution in [0, 0.1) is 5.92 Å². The van der Waals surface area contributed by atoms with E-state index in [0.717, 1.165) is 6.42 Å². The van der Waals surface area contributed by atoms with Gasteiger partial charge in [-0.3, -0.25) is 14.5 Å². The molecule has 2 unspecified atom stereocenters. The van der Waals surface area contributed by atoms with E-state index < -0.39 is 11.5 Å². The molecule has 2 heterocycles. The van der Waals surface area contributed by atoms with Gasteiger partial charge in [-0.25, -0.2) is 0 Å².